The predicted octanol–water partition coefficient (Wildman–Crippen LogP) is 3.87. The standard InChI is InChI=1S/C19H25ClN2O2/c1-19(13-21-17(23)9-3-2-6-11-20)18-15(10-12-24-19)14-7-4-5-8-16(14)22-18/h4-5,7-8,22H,2-3,6,9-13H2,1H3,(H,21,23). The van der Waals surface area contributed by atoms with Gasteiger partial charge in [0.25, 0.3) is 0 Å². The van der Waals surface area contributed by atoms with Crippen LogP contribution in [0.5, 0.6) is 0 Å². The highest BCUT2D eigenvalue weighted by Gasteiger charge is 2.36. The van der Waals surface area contributed by atoms with Gasteiger partial charge in [0.05, 0.1) is 18.8 Å². The number of para-hydroxylation sites is 1. The first-order valence-corrected chi connectivity index (χ1v) is 9.24. The van der Waals surface area contributed by atoms with E-state index < -0.39 is 5.60 Å². The first kappa shape index (κ1) is 17.3. The second kappa shape index (κ2) is 7.58. The van der Waals surface area contributed by atoms with Crippen LogP contribution in [0.25, 0.3) is 10.9 Å². The van der Waals surface area contributed by atoms with Crippen LogP contribution in [-0.2, 0) is 21.6 Å². The van der Waals surface area contributed by atoms with Gasteiger partial charge in [-0.2, -0.15) is 0 Å². The summed E-state index contributed by atoms with van der Waals surface area (Å²) in [5, 5.41) is 4.30. The Morgan fingerprint density at radius 2 is 2.17 bits per heavy atom. The molecule has 0 saturated heterocycles. The molecule has 1 atom stereocenters. The molecule has 24 heavy (non-hydrogen) atoms. The number of ether oxygens (including phenoxy) is 1. The number of carbonyl (C=O) groups is 1. The Morgan fingerprint density at radius 1 is 1.33 bits per heavy atom. The second-order valence-electron chi connectivity index (χ2n) is 6.63. The lowest BCUT2D eigenvalue weighted by Crippen LogP contribution is -2.43. The van der Waals surface area contributed by atoms with E-state index in [-0.39, 0.29) is 5.91 Å². The van der Waals surface area contributed by atoms with E-state index in [1.807, 2.05) is 13.0 Å². The number of nitrogens with one attached hydrogen (secondary N) is 2. The monoisotopic (exact) mass is 348 g/mol. The molecule has 0 bridgehead atoms. The van der Waals surface area contributed by atoms with Gasteiger partial charge in [0.15, 0.2) is 0 Å². The molecule has 2 heterocycles. The molecule has 0 saturated carbocycles. The molecule has 5 heteroatoms. The zero-order chi connectivity index (χ0) is 17.0. The fourth-order valence-corrected chi connectivity index (χ4v) is 3.60. The van der Waals surface area contributed by atoms with Crippen molar-refractivity contribution in [3.8, 4) is 0 Å². The van der Waals surface area contributed by atoms with Gasteiger partial charge in [-0.25, -0.2) is 0 Å². The van der Waals surface area contributed by atoms with Crippen molar-refractivity contribution in [2.75, 3.05) is 19.0 Å². The van der Waals surface area contributed by atoms with Crippen molar-refractivity contribution in [1.29, 1.82) is 0 Å². The molecule has 1 unspecified atom stereocenters. The summed E-state index contributed by atoms with van der Waals surface area (Å²) in [6.07, 6.45) is 4.30. The maximum atomic E-state index is 12.1. The number of amides is 1. The first-order chi connectivity index (χ1) is 11.6. The average Bonchev–Trinajstić information content (AvgIpc) is 2.98. The van der Waals surface area contributed by atoms with E-state index in [4.69, 9.17) is 16.3 Å². The van der Waals surface area contributed by atoms with Crippen LogP contribution in [0.2, 0.25) is 0 Å². The molecule has 1 aromatic carbocycles. The molecule has 2 N–H and O–H groups in total. The third-order valence-corrected chi connectivity index (χ3v) is 5.04. The number of carbonyl (C=O) groups excluding carboxylic acids is 1. The largest absolute Gasteiger partial charge is 0.367 e. The van der Waals surface area contributed by atoms with Gasteiger partial charge in [-0.05, 0) is 37.8 Å². The molecule has 1 aliphatic rings. The maximum absolute atomic E-state index is 12.1. The molecule has 1 amide bonds. The van der Waals surface area contributed by atoms with Crippen LogP contribution in [-0.4, -0.2) is 29.9 Å². The molecular formula is C19H25ClN2O2. The Kier molecular flexibility index (Phi) is 5.47. The quantitative estimate of drug-likeness (QED) is 0.589. The van der Waals surface area contributed by atoms with Crippen LogP contribution in [0.1, 0.15) is 43.9 Å². The van der Waals surface area contributed by atoms with Crippen LogP contribution in [0.4, 0.5) is 0 Å². The molecule has 2 aromatic rings. The Hall–Kier alpha value is -1.52. The van der Waals surface area contributed by atoms with E-state index in [2.05, 4.69) is 28.5 Å². The topological polar surface area (TPSA) is 54.1 Å². The summed E-state index contributed by atoms with van der Waals surface area (Å²) in [5.41, 5.74) is 3.04. The van der Waals surface area contributed by atoms with Gasteiger partial charge >= 0.3 is 0 Å². The smallest absolute Gasteiger partial charge is 0.220 e. The third-order valence-electron chi connectivity index (χ3n) is 4.78. The van der Waals surface area contributed by atoms with E-state index in [1.165, 1.54) is 10.9 Å². The normalized spacial score (nSPS) is 20.1. The number of rotatable bonds is 7. The molecule has 0 aliphatic carbocycles. The second-order valence-corrected chi connectivity index (χ2v) is 7.01. The summed E-state index contributed by atoms with van der Waals surface area (Å²) in [4.78, 5) is 15.6. The summed E-state index contributed by atoms with van der Waals surface area (Å²) in [6, 6.07) is 8.33. The molecule has 130 valence electrons. The van der Waals surface area contributed by atoms with E-state index in [0.29, 0.717) is 25.5 Å². The van der Waals surface area contributed by atoms with E-state index in [9.17, 15) is 4.79 Å². The minimum Gasteiger partial charge on any atom is -0.367 e. The lowest BCUT2D eigenvalue weighted by molar-refractivity contribution is -0.123. The average molecular weight is 349 g/mol. The van der Waals surface area contributed by atoms with Gasteiger partial charge in [-0.1, -0.05) is 24.6 Å². The Morgan fingerprint density at radius 3 is 3.00 bits per heavy atom. The molecule has 4 nitrogen and oxygen atoms in total. The number of halogens is 1. The number of hydrogen-bond acceptors (Lipinski definition) is 2. The molecule has 3 rings (SSSR count). The summed E-state index contributed by atoms with van der Waals surface area (Å²) < 4.78 is 6.05. The lowest BCUT2D eigenvalue weighted by atomic mass is 9.92. The van der Waals surface area contributed by atoms with Crippen molar-refractivity contribution in [3.05, 3.63) is 35.5 Å². The maximum Gasteiger partial charge on any atom is 0.220 e. The number of benzene rings is 1. The number of aromatic amines is 1. The van der Waals surface area contributed by atoms with Crippen molar-refractivity contribution < 1.29 is 9.53 Å². The number of hydrogen-bond donors (Lipinski definition) is 2. The minimum atomic E-state index is -0.502. The number of alkyl halides is 1. The predicted molar refractivity (Wildman–Crippen MR) is 97.5 cm³/mol. The van der Waals surface area contributed by atoms with Crippen LogP contribution in [0.15, 0.2) is 24.3 Å². The van der Waals surface area contributed by atoms with E-state index >= 15 is 0 Å². The van der Waals surface area contributed by atoms with Crippen LogP contribution >= 0.6 is 11.6 Å². The molecule has 0 fully saturated rings. The van der Waals surface area contributed by atoms with E-state index in [0.717, 1.165) is 36.9 Å². The van der Waals surface area contributed by atoms with Gasteiger partial charge in [-0.15, -0.1) is 11.6 Å². The fraction of sp³-hybridized carbons (Fsp3) is 0.526. The van der Waals surface area contributed by atoms with Gasteiger partial charge in [-0.3, -0.25) is 4.79 Å². The molecule has 0 radical (unpaired) electrons. The summed E-state index contributed by atoms with van der Waals surface area (Å²) in [6.45, 7) is 3.21. The zero-order valence-corrected chi connectivity index (χ0v) is 14.9. The highest BCUT2D eigenvalue weighted by Crippen LogP contribution is 2.36. The summed E-state index contributed by atoms with van der Waals surface area (Å²) in [5.74, 6) is 0.745. The summed E-state index contributed by atoms with van der Waals surface area (Å²) >= 11 is 5.66. The van der Waals surface area contributed by atoms with Crippen molar-refractivity contribution >= 4 is 28.4 Å². The van der Waals surface area contributed by atoms with Crippen molar-refractivity contribution in [3.63, 3.8) is 0 Å². The highest BCUT2D eigenvalue weighted by molar-refractivity contribution is 6.17. The molecule has 0 spiro atoms. The van der Waals surface area contributed by atoms with Gasteiger partial charge in [0.2, 0.25) is 5.91 Å². The number of H-pyrrole nitrogens is 1. The molecule has 1 aliphatic heterocycles. The zero-order valence-electron chi connectivity index (χ0n) is 14.2. The molecular weight excluding hydrogens is 324 g/mol. The molecule has 1 aromatic heterocycles. The fourth-order valence-electron chi connectivity index (χ4n) is 3.41. The van der Waals surface area contributed by atoms with Crippen molar-refractivity contribution in [2.24, 2.45) is 0 Å². The number of unbranched alkanes of at least 4 members (excludes halogenated alkanes) is 2. The van der Waals surface area contributed by atoms with Crippen molar-refractivity contribution in [1.82, 2.24) is 10.3 Å². The van der Waals surface area contributed by atoms with Crippen LogP contribution < -0.4 is 5.32 Å². The van der Waals surface area contributed by atoms with Gasteiger partial charge in [0.1, 0.15) is 5.60 Å². The SMILES string of the molecule is CC1(CNC(=O)CCCCCCl)OCCc2c1[nH]c1ccccc21. The van der Waals surface area contributed by atoms with Gasteiger partial charge in [0, 0.05) is 23.2 Å². The van der Waals surface area contributed by atoms with E-state index in [1.54, 1.807) is 0 Å². The minimum absolute atomic E-state index is 0.0811. The number of aromatic nitrogens is 1. The van der Waals surface area contributed by atoms with Gasteiger partial charge < -0.3 is 15.0 Å². The van der Waals surface area contributed by atoms with Crippen LogP contribution in [0, 0.1) is 0 Å². The van der Waals surface area contributed by atoms with Crippen molar-refractivity contribution in [2.45, 2.75) is 44.6 Å². The first-order valence-electron chi connectivity index (χ1n) is 8.71. The number of fused-ring (bicyclic) bond motifs is 3. The Labute approximate surface area is 147 Å². The Balaban J connectivity index is 1.67. The lowest BCUT2D eigenvalue weighted by Gasteiger charge is -2.34. The van der Waals surface area contributed by atoms with Crippen LogP contribution in [0.3, 0.4) is 0 Å². The highest BCUT2D eigenvalue weighted by atomic mass is 35.5. The Bertz CT molecular complexity index is 712. The summed E-state index contributed by atoms with van der Waals surface area (Å²) in [7, 11) is 0. The third kappa shape index (κ3) is 3.60.